The van der Waals surface area contributed by atoms with E-state index in [1.54, 1.807) is 12.1 Å². The summed E-state index contributed by atoms with van der Waals surface area (Å²) >= 11 is 0. The number of aromatic nitrogens is 4. The molecule has 3 aromatic carbocycles. The van der Waals surface area contributed by atoms with Crippen LogP contribution in [0.2, 0.25) is 0 Å². The lowest BCUT2D eigenvalue weighted by Gasteiger charge is -2.35. The highest BCUT2D eigenvalue weighted by molar-refractivity contribution is 6.06. The van der Waals surface area contributed by atoms with Crippen LogP contribution in [0.15, 0.2) is 79.1 Å². The molecule has 4 aliphatic heterocycles. The molecule has 2 unspecified atom stereocenters. The first-order valence-corrected chi connectivity index (χ1v) is 21.3. The van der Waals surface area contributed by atoms with Crippen LogP contribution in [-0.2, 0) is 25.7 Å². The second kappa shape index (κ2) is 17.6. The van der Waals surface area contributed by atoms with E-state index in [1.807, 2.05) is 75.1 Å². The van der Waals surface area contributed by atoms with E-state index in [0.717, 1.165) is 36.3 Å². The molecule has 0 radical (unpaired) electrons. The van der Waals surface area contributed by atoms with Crippen LogP contribution in [0.5, 0.6) is 11.5 Å². The minimum absolute atomic E-state index is 0.0407. The van der Waals surface area contributed by atoms with E-state index < -0.39 is 11.9 Å². The maximum Gasteiger partial charge on any atom is 0.255 e. The van der Waals surface area contributed by atoms with E-state index in [4.69, 9.17) is 15.6 Å². The first-order valence-electron chi connectivity index (χ1n) is 21.3. The van der Waals surface area contributed by atoms with Crippen molar-refractivity contribution in [3.63, 3.8) is 0 Å². The molecule has 0 saturated carbocycles. The van der Waals surface area contributed by atoms with E-state index in [0.29, 0.717) is 91.7 Å². The molecule has 17 heteroatoms. The topological polar surface area (TPSA) is 201 Å². The van der Waals surface area contributed by atoms with E-state index in [-0.39, 0.29) is 55.6 Å². The Morgan fingerprint density at radius 1 is 0.855 bits per heavy atom. The summed E-state index contributed by atoms with van der Waals surface area (Å²) in [5.74, 6) is 0.831. The van der Waals surface area contributed by atoms with Crippen molar-refractivity contribution in [2.45, 2.75) is 57.2 Å². The first-order chi connectivity index (χ1) is 30.2. The quantitative estimate of drug-likeness (QED) is 0.154. The molecule has 5 aromatic rings. The number of nitrogens with zero attached hydrogens (tertiary/aromatic N) is 8. The van der Waals surface area contributed by atoms with Gasteiger partial charge in [0.05, 0.1) is 18.0 Å². The number of rotatable bonds is 12. The zero-order valence-corrected chi connectivity index (χ0v) is 34.4. The van der Waals surface area contributed by atoms with Gasteiger partial charge >= 0.3 is 0 Å². The lowest BCUT2D eigenvalue weighted by Crippen LogP contribution is -2.52. The molecule has 4 N–H and O–H groups in total. The molecular formula is C45H49N11O6. The lowest BCUT2D eigenvalue weighted by molar-refractivity contribution is -0.137. The summed E-state index contributed by atoms with van der Waals surface area (Å²) in [6.45, 7) is 4.86. The van der Waals surface area contributed by atoms with Crippen molar-refractivity contribution in [2.24, 2.45) is 0 Å². The summed E-state index contributed by atoms with van der Waals surface area (Å²) in [4.78, 5) is 80.6. The maximum absolute atomic E-state index is 13.6. The second-order valence-corrected chi connectivity index (χ2v) is 16.2. The van der Waals surface area contributed by atoms with Gasteiger partial charge in [0.2, 0.25) is 23.6 Å². The van der Waals surface area contributed by atoms with E-state index in [1.165, 1.54) is 11.2 Å². The van der Waals surface area contributed by atoms with Gasteiger partial charge in [-0.2, -0.15) is 5.10 Å². The Morgan fingerprint density at radius 3 is 2.44 bits per heavy atom. The zero-order chi connectivity index (χ0) is 42.7. The number of piperidine rings is 2. The number of ether oxygens (including phenoxy) is 1. The number of piperazine rings is 1. The molecule has 2 aromatic heterocycles. The molecule has 0 spiro atoms. The Hall–Kier alpha value is -6.88. The molecular weight excluding hydrogens is 791 g/mol. The molecule has 62 heavy (non-hydrogen) atoms. The molecule has 5 amide bonds. The summed E-state index contributed by atoms with van der Waals surface area (Å²) in [5.41, 5.74) is 10.5. The standard InChI is InChI=1S/C45H49N11O6/c46-42-40-41(29-13-15-32(16-14-29)62-31-8-2-1-3-9-31)51-56(43(40)49-28-48-42)30-7-5-20-54(26-30)38(58)12-6-19-52-21-23-53(24-22-52)39(59)25-47-35-11-4-10-33-34(35)27-55(45(33)61)36-17-18-37(57)50-44(36)60/h1-4,8-11,13-16,28,30,36,47H,5-7,12,17-27H2,(H2,46,48,49)(H,50,57,60). The fraction of sp³-hybridized carbons (Fsp3) is 0.378. The molecule has 2 atom stereocenters. The number of carbonyl (C=O) groups excluding carboxylic acids is 5. The van der Waals surface area contributed by atoms with Crippen molar-refractivity contribution >= 4 is 52.1 Å². The summed E-state index contributed by atoms with van der Waals surface area (Å²) in [7, 11) is 0. The van der Waals surface area contributed by atoms with Crippen LogP contribution in [0.3, 0.4) is 0 Å². The van der Waals surface area contributed by atoms with Gasteiger partial charge in [0.25, 0.3) is 5.91 Å². The van der Waals surface area contributed by atoms with Crippen LogP contribution in [0.1, 0.15) is 60.5 Å². The van der Waals surface area contributed by atoms with Crippen LogP contribution >= 0.6 is 0 Å². The first kappa shape index (κ1) is 40.5. The van der Waals surface area contributed by atoms with Gasteiger partial charge in [0.1, 0.15) is 35.4 Å². The fourth-order valence-electron chi connectivity index (χ4n) is 9.01. The van der Waals surface area contributed by atoms with E-state index >= 15 is 0 Å². The number of carbonyl (C=O) groups is 5. The highest BCUT2D eigenvalue weighted by atomic mass is 16.5. The second-order valence-electron chi connectivity index (χ2n) is 16.2. The van der Waals surface area contributed by atoms with Gasteiger partial charge in [0, 0.05) is 81.0 Å². The number of nitrogens with one attached hydrogen (secondary N) is 2. The van der Waals surface area contributed by atoms with Gasteiger partial charge in [-0.3, -0.25) is 34.2 Å². The number of imide groups is 1. The SMILES string of the molecule is Nc1ncnc2c1c(-c1ccc(Oc3ccccc3)cc1)nn2C1CCCN(C(=O)CCCN2CCN(C(=O)CNc3cccc4c3CN(C3CCC(=O)NC3=O)C4=O)CC2)C1. The van der Waals surface area contributed by atoms with Crippen LogP contribution in [0, 0.1) is 0 Å². The Bertz CT molecular complexity index is 2500. The van der Waals surface area contributed by atoms with Crippen LogP contribution in [0.25, 0.3) is 22.3 Å². The number of nitrogens with two attached hydrogens (primary N) is 1. The summed E-state index contributed by atoms with van der Waals surface area (Å²) < 4.78 is 7.90. The third-order valence-corrected chi connectivity index (χ3v) is 12.3. The van der Waals surface area contributed by atoms with Crippen molar-refractivity contribution in [2.75, 3.05) is 63.4 Å². The van der Waals surface area contributed by atoms with Crippen molar-refractivity contribution < 1.29 is 28.7 Å². The Morgan fingerprint density at radius 2 is 1.65 bits per heavy atom. The van der Waals surface area contributed by atoms with Crippen LogP contribution in [-0.4, -0.2) is 127 Å². The van der Waals surface area contributed by atoms with Crippen LogP contribution in [0.4, 0.5) is 11.5 Å². The third kappa shape index (κ3) is 8.39. The van der Waals surface area contributed by atoms with Gasteiger partial charge < -0.3 is 30.5 Å². The number of nitrogen functional groups attached to an aromatic ring is 1. The average molecular weight is 840 g/mol. The van der Waals surface area contributed by atoms with Gasteiger partial charge in [-0.25, -0.2) is 14.6 Å². The summed E-state index contributed by atoms with van der Waals surface area (Å²) in [6.07, 6.45) is 4.76. The minimum atomic E-state index is -0.703. The fourth-order valence-corrected chi connectivity index (χ4v) is 9.01. The van der Waals surface area contributed by atoms with Gasteiger partial charge in [-0.1, -0.05) is 24.3 Å². The third-order valence-electron chi connectivity index (χ3n) is 12.3. The van der Waals surface area contributed by atoms with Crippen molar-refractivity contribution in [3.8, 4) is 22.8 Å². The van der Waals surface area contributed by atoms with E-state index in [9.17, 15) is 24.0 Å². The minimum Gasteiger partial charge on any atom is -0.457 e. The normalized spacial score (nSPS) is 19.4. The van der Waals surface area contributed by atoms with Crippen LogP contribution < -0.4 is 21.1 Å². The smallest absolute Gasteiger partial charge is 0.255 e. The maximum atomic E-state index is 13.6. The largest absolute Gasteiger partial charge is 0.457 e. The number of hydrogen-bond acceptors (Lipinski definition) is 12. The molecule has 320 valence electrons. The number of fused-ring (bicyclic) bond motifs is 2. The van der Waals surface area contributed by atoms with Crippen molar-refractivity contribution in [1.29, 1.82) is 0 Å². The summed E-state index contributed by atoms with van der Waals surface area (Å²) in [5, 5.41) is 11.3. The highest BCUT2D eigenvalue weighted by Gasteiger charge is 2.40. The predicted molar refractivity (Wildman–Crippen MR) is 230 cm³/mol. The Kier molecular flexibility index (Phi) is 11.5. The number of likely N-dealkylation sites (tertiary alicyclic amines) is 1. The summed E-state index contributed by atoms with van der Waals surface area (Å²) in [6, 6.07) is 21.8. The molecule has 3 fully saturated rings. The van der Waals surface area contributed by atoms with Gasteiger partial charge in [-0.15, -0.1) is 0 Å². The van der Waals surface area contributed by atoms with Crippen molar-refractivity contribution in [3.05, 3.63) is 90.3 Å². The van der Waals surface area contributed by atoms with Crippen molar-refractivity contribution in [1.82, 2.24) is 44.7 Å². The predicted octanol–water partition coefficient (Wildman–Crippen LogP) is 3.83. The Labute approximate surface area is 358 Å². The number of anilines is 2. The molecule has 4 aliphatic rings. The number of para-hydroxylation sites is 1. The van der Waals surface area contributed by atoms with Gasteiger partial charge in [-0.05, 0) is 80.8 Å². The van der Waals surface area contributed by atoms with Gasteiger partial charge in [0.15, 0.2) is 5.65 Å². The number of benzene rings is 3. The highest BCUT2D eigenvalue weighted by Crippen LogP contribution is 2.36. The lowest BCUT2D eigenvalue weighted by atomic mass is 10.0. The zero-order valence-electron chi connectivity index (χ0n) is 34.4. The molecule has 3 saturated heterocycles. The number of amides is 5. The molecule has 9 rings (SSSR count). The van der Waals surface area contributed by atoms with E-state index in [2.05, 4.69) is 25.5 Å². The monoisotopic (exact) mass is 839 g/mol. The molecule has 17 nitrogen and oxygen atoms in total. The Balaban J connectivity index is 0.744. The molecule has 0 bridgehead atoms. The molecule has 6 heterocycles. The number of hydrogen-bond donors (Lipinski definition) is 3. The average Bonchev–Trinajstić information content (AvgIpc) is 3.85. The molecule has 0 aliphatic carbocycles.